The number of fused-ring (bicyclic) bond motifs is 3. The molecular weight excluding hydrogens is 449 g/mol. The van der Waals surface area contributed by atoms with Crippen LogP contribution in [0.4, 0.5) is 13.2 Å². The van der Waals surface area contributed by atoms with Crippen molar-refractivity contribution in [2.75, 3.05) is 0 Å². The van der Waals surface area contributed by atoms with Crippen LogP contribution in [0, 0.1) is 17.8 Å². The normalized spacial score (nSPS) is 24.1. The SMILES string of the molecule is C[C@@H](NC(=O)c1nn2c(C(F)(F)F)cc(-c3cccs3)nc2c1Cl)[C@@H]1C[C@H]2CC[C@H]1C2. The maximum absolute atomic E-state index is 13.8. The van der Waals surface area contributed by atoms with Crippen molar-refractivity contribution in [2.45, 2.75) is 44.8 Å². The summed E-state index contributed by atoms with van der Waals surface area (Å²) in [4.78, 5) is 17.8. The van der Waals surface area contributed by atoms with Crippen LogP contribution in [0.3, 0.4) is 0 Å². The van der Waals surface area contributed by atoms with Gasteiger partial charge in [-0.25, -0.2) is 9.50 Å². The number of hydrogen-bond acceptors (Lipinski definition) is 4. The first-order chi connectivity index (χ1) is 14.7. The van der Waals surface area contributed by atoms with Gasteiger partial charge < -0.3 is 5.32 Å². The van der Waals surface area contributed by atoms with Crippen molar-refractivity contribution in [1.82, 2.24) is 19.9 Å². The van der Waals surface area contributed by atoms with E-state index >= 15 is 0 Å². The van der Waals surface area contributed by atoms with E-state index in [2.05, 4.69) is 15.4 Å². The summed E-state index contributed by atoms with van der Waals surface area (Å²) < 4.78 is 41.9. The van der Waals surface area contributed by atoms with E-state index in [1.165, 1.54) is 30.6 Å². The zero-order valence-corrected chi connectivity index (χ0v) is 18.2. The molecule has 0 unspecified atom stereocenters. The van der Waals surface area contributed by atoms with E-state index in [1.807, 2.05) is 6.92 Å². The highest BCUT2D eigenvalue weighted by atomic mass is 35.5. The van der Waals surface area contributed by atoms with Crippen LogP contribution in [0.25, 0.3) is 16.2 Å². The second-order valence-electron chi connectivity index (χ2n) is 8.50. The Morgan fingerprint density at radius 2 is 2.16 bits per heavy atom. The Labute approximate surface area is 185 Å². The number of thiophene rings is 1. The molecule has 1 amide bonds. The molecule has 1 N–H and O–H groups in total. The van der Waals surface area contributed by atoms with E-state index in [0.29, 0.717) is 21.2 Å². The third kappa shape index (κ3) is 3.61. The molecule has 0 saturated heterocycles. The number of carbonyl (C=O) groups excluding carboxylic acids is 1. The average molecular weight is 469 g/mol. The highest BCUT2D eigenvalue weighted by Gasteiger charge is 2.42. The van der Waals surface area contributed by atoms with Gasteiger partial charge in [0.2, 0.25) is 0 Å². The quantitative estimate of drug-likeness (QED) is 0.535. The van der Waals surface area contributed by atoms with Crippen LogP contribution < -0.4 is 5.32 Å². The lowest BCUT2D eigenvalue weighted by molar-refractivity contribution is -0.142. The van der Waals surface area contributed by atoms with E-state index in [4.69, 9.17) is 11.6 Å². The molecule has 2 aliphatic rings. The molecule has 164 valence electrons. The van der Waals surface area contributed by atoms with E-state index < -0.39 is 17.8 Å². The number of rotatable bonds is 4. The van der Waals surface area contributed by atoms with E-state index in [0.717, 1.165) is 18.4 Å². The van der Waals surface area contributed by atoms with Gasteiger partial charge in [-0.15, -0.1) is 11.3 Å². The first kappa shape index (κ1) is 20.8. The molecule has 0 aliphatic heterocycles. The monoisotopic (exact) mass is 468 g/mol. The number of aromatic nitrogens is 3. The summed E-state index contributed by atoms with van der Waals surface area (Å²) in [6.45, 7) is 1.95. The van der Waals surface area contributed by atoms with Crippen molar-refractivity contribution in [2.24, 2.45) is 17.8 Å². The first-order valence-corrected chi connectivity index (χ1v) is 11.5. The van der Waals surface area contributed by atoms with Crippen molar-refractivity contribution in [3.63, 3.8) is 0 Å². The zero-order valence-electron chi connectivity index (χ0n) is 16.6. The molecule has 0 aromatic carbocycles. The van der Waals surface area contributed by atoms with Gasteiger partial charge in [0, 0.05) is 6.04 Å². The van der Waals surface area contributed by atoms with Gasteiger partial charge in [0.05, 0.1) is 10.6 Å². The first-order valence-electron chi connectivity index (χ1n) is 10.2. The Kier molecular flexibility index (Phi) is 5.01. The lowest BCUT2D eigenvalue weighted by Gasteiger charge is -2.28. The number of nitrogens with one attached hydrogen (secondary N) is 1. The van der Waals surface area contributed by atoms with Gasteiger partial charge >= 0.3 is 6.18 Å². The lowest BCUT2D eigenvalue weighted by Crippen LogP contribution is -2.40. The van der Waals surface area contributed by atoms with Crippen LogP contribution in [0.15, 0.2) is 23.6 Å². The van der Waals surface area contributed by atoms with Gasteiger partial charge in [-0.3, -0.25) is 4.79 Å². The van der Waals surface area contributed by atoms with Gasteiger partial charge in [-0.1, -0.05) is 24.1 Å². The highest BCUT2D eigenvalue weighted by Crippen LogP contribution is 2.49. The lowest BCUT2D eigenvalue weighted by atomic mass is 9.84. The van der Waals surface area contributed by atoms with Crippen molar-refractivity contribution in [3.8, 4) is 10.6 Å². The van der Waals surface area contributed by atoms with Crippen molar-refractivity contribution in [3.05, 3.63) is 40.0 Å². The molecule has 4 atom stereocenters. The number of carbonyl (C=O) groups is 1. The molecule has 5 rings (SSSR count). The molecule has 3 heterocycles. The number of nitrogens with zero attached hydrogens (tertiary/aromatic N) is 3. The fourth-order valence-corrected chi connectivity index (χ4v) is 6.11. The summed E-state index contributed by atoms with van der Waals surface area (Å²) in [6, 6.07) is 4.24. The predicted octanol–water partition coefficient (Wildman–Crippen LogP) is 5.68. The van der Waals surface area contributed by atoms with Gasteiger partial charge in [-0.05, 0) is 61.5 Å². The summed E-state index contributed by atoms with van der Waals surface area (Å²) in [5.74, 6) is 1.13. The van der Waals surface area contributed by atoms with Crippen molar-refractivity contribution in [1.29, 1.82) is 0 Å². The molecule has 2 fully saturated rings. The summed E-state index contributed by atoms with van der Waals surface area (Å²) in [5, 5.41) is 8.41. The predicted molar refractivity (Wildman–Crippen MR) is 112 cm³/mol. The Balaban J connectivity index is 1.50. The van der Waals surface area contributed by atoms with E-state index in [-0.39, 0.29) is 28.1 Å². The van der Waals surface area contributed by atoms with Gasteiger partial charge in [-0.2, -0.15) is 18.3 Å². The van der Waals surface area contributed by atoms with Crippen molar-refractivity contribution >= 4 is 34.5 Å². The number of amides is 1. The summed E-state index contributed by atoms with van der Waals surface area (Å²) in [6.07, 6.45) is 0.0135. The van der Waals surface area contributed by atoms with Crippen LogP contribution >= 0.6 is 22.9 Å². The molecule has 0 radical (unpaired) electrons. The second kappa shape index (κ2) is 7.48. The molecule has 10 heteroatoms. The Morgan fingerprint density at radius 1 is 1.35 bits per heavy atom. The molecule has 2 bridgehead atoms. The standard InChI is InChI=1S/C21H20ClF3N4OS/c1-10(13-8-11-4-5-12(13)7-11)26-20(30)18-17(22)19-27-14(15-3-2-6-31-15)9-16(21(23,24)25)29(19)28-18/h2-3,6,9-13H,4-5,7-8H2,1H3,(H,26,30)/t10-,11+,12+,13+/m1/s1. The fourth-order valence-electron chi connectivity index (χ4n) is 5.18. The number of halogens is 4. The number of alkyl halides is 3. The highest BCUT2D eigenvalue weighted by molar-refractivity contribution is 7.13. The molecule has 3 aromatic heterocycles. The molecule has 31 heavy (non-hydrogen) atoms. The maximum atomic E-state index is 13.8. The Bertz CT molecular complexity index is 1140. The molecular formula is C21H20ClF3N4OS. The topological polar surface area (TPSA) is 59.3 Å². The van der Waals surface area contributed by atoms with Gasteiger partial charge in [0.1, 0.15) is 5.02 Å². The van der Waals surface area contributed by atoms with Gasteiger partial charge in [0.25, 0.3) is 5.91 Å². The van der Waals surface area contributed by atoms with Gasteiger partial charge in [0.15, 0.2) is 17.0 Å². The van der Waals surface area contributed by atoms with Crippen LogP contribution in [-0.4, -0.2) is 26.5 Å². The van der Waals surface area contributed by atoms with E-state index in [9.17, 15) is 18.0 Å². The molecule has 3 aromatic rings. The number of hydrogen-bond donors (Lipinski definition) is 1. The van der Waals surface area contributed by atoms with Crippen LogP contribution in [0.1, 0.15) is 48.8 Å². The smallest absolute Gasteiger partial charge is 0.348 e. The Hall–Kier alpha value is -2.13. The Morgan fingerprint density at radius 3 is 2.77 bits per heavy atom. The van der Waals surface area contributed by atoms with Crippen LogP contribution in [0.5, 0.6) is 0 Å². The van der Waals surface area contributed by atoms with Crippen LogP contribution in [0.2, 0.25) is 5.02 Å². The fraction of sp³-hybridized carbons (Fsp3) is 0.476. The summed E-state index contributed by atoms with van der Waals surface area (Å²) in [7, 11) is 0. The third-order valence-corrected chi connectivity index (χ3v) is 7.85. The molecule has 5 nitrogen and oxygen atoms in total. The second-order valence-corrected chi connectivity index (χ2v) is 9.83. The zero-order chi connectivity index (χ0) is 21.9. The molecule has 2 saturated carbocycles. The van der Waals surface area contributed by atoms with Crippen LogP contribution in [-0.2, 0) is 6.18 Å². The third-order valence-electron chi connectivity index (χ3n) is 6.61. The molecule has 2 aliphatic carbocycles. The average Bonchev–Trinajstić information content (AvgIpc) is 3.51. The summed E-state index contributed by atoms with van der Waals surface area (Å²) >= 11 is 7.61. The summed E-state index contributed by atoms with van der Waals surface area (Å²) in [5.41, 5.74) is -1.31. The minimum Gasteiger partial charge on any atom is -0.348 e. The minimum absolute atomic E-state index is 0.0968. The van der Waals surface area contributed by atoms with E-state index in [1.54, 1.807) is 17.5 Å². The minimum atomic E-state index is -4.69. The maximum Gasteiger partial charge on any atom is 0.433 e. The largest absolute Gasteiger partial charge is 0.433 e. The van der Waals surface area contributed by atoms with Crippen molar-refractivity contribution < 1.29 is 18.0 Å². The molecule has 0 spiro atoms.